The summed E-state index contributed by atoms with van der Waals surface area (Å²) in [7, 11) is 0. The number of hydrogen-bond acceptors (Lipinski definition) is 3. The van der Waals surface area contributed by atoms with Crippen molar-refractivity contribution in [3.63, 3.8) is 0 Å². The van der Waals surface area contributed by atoms with Crippen LogP contribution in [0.15, 0.2) is 36.5 Å². The third-order valence-electron chi connectivity index (χ3n) is 3.72. The maximum absolute atomic E-state index is 12.8. The molecule has 0 aliphatic carbocycles. The molecule has 104 valence electrons. The smallest absolute Gasteiger partial charge is 0.254 e. The van der Waals surface area contributed by atoms with Crippen molar-refractivity contribution < 1.29 is 4.79 Å². The summed E-state index contributed by atoms with van der Waals surface area (Å²) in [5, 5.41) is 4.38. The molecule has 0 radical (unpaired) electrons. The number of amides is 1. The van der Waals surface area contributed by atoms with E-state index in [1.165, 1.54) is 0 Å². The lowest BCUT2D eigenvalue weighted by atomic mass is 10.1. The predicted octanol–water partition coefficient (Wildman–Crippen LogP) is 2.06. The van der Waals surface area contributed by atoms with Crippen LogP contribution >= 0.6 is 0 Å². The lowest BCUT2D eigenvalue weighted by Gasteiger charge is -2.36. The topological polar surface area (TPSA) is 45.2 Å². The van der Waals surface area contributed by atoms with Crippen molar-refractivity contribution in [1.29, 1.82) is 0 Å². The van der Waals surface area contributed by atoms with Gasteiger partial charge in [-0.05, 0) is 32.0 Å². The van der Waals surface area contributed by atoms with Gasteiger partial charge in [0.2, 0.25) is 0 Å². The molecule has 0 unspecified atom stereocenters. The summed E-state index contributed by atoms with van der Waals surface area (Å²) < 4.78 is 0. The highest BCUT2D eigenvalue weighted by Crippen LogP contribution is 2.19. The Morgan fingerprint density at radius 1 is 1.20 bits per heavy atom. The number of carbonyl (C=O) groups is 1. The summed E-state index contributed by atoms with van der Waals surface area (Å²) in [6.45, 7) is 5.72. The van der Waals surface area contributed by atoms with Crippen LogP contribution in [0.2, 0.25) is 0 Å². The van der Waals surface area contributed by atoms with Gasteiger partial charge in [0.15, 0.2) is 0 Å². The van der Waals surface area contributed by atoms with Gasteiger partial charge in [0.25, 0.3) is 5.91 Å². The van der Waals surface area contributed by atoms with Crippen LogP contribution in [0.25, 0.3) is 10.9 Å². The molecule has 2 atom stereocenters. The first kappa shape index (κ1) is 13.1. The van der Waals surface area contributed by atoms with Crippen LogP contribution in [-0.4, -0.2) is 41.0 Å². The molecule has 1 N–H and O–H groups in total. The Labute approximate surface area is 118 Å². The van der Waals surface area contributed by atoms with Gasteiger partial charge in [0.05, 0.1) is 5.52 Å². The number of hydrogen-bond donors (Lipinski definition) is 1. The van der Waals surface area contributed by atoms with Gasteiger partial charge >= 0.3 is 0 Å². The summed E-state index contributed by atoms with van der Waals surface area (Å²) >= 11 is 0. The second-order valence-corrected chi connectivity index (χ2v) is 5.55. The first-order chi connectivity index (χ1) is 9.65. The Bertz CT molecular complexity index is 625. The number of nitrogens with one attached hydrogen (secondary N) is 1. The Morgan fingerprint density at radius 3 is 2.70 bits per heavy atom. The van der Waals surface area contributed by atoms with E-state index in [4.69, 9.17) is 0 Å². The van der Waals surface area contributed by atoms with Gasteiger partial charge in [-0.15, -0.1) is 0 Å². The van der Waals surface area contributed by atoms with Crippen molar-refractivity contribution in [3.05, 3.63) is 42.1 Å². The van der Waals surface area contributed by atoms with Crippen molar-refractivity contribution >= 4 is 16.8 Å². The molecule has 1 saturated heterocycles. The first-order valence-electron chi connectivity index (χ1n) is 7.04. The summed E-state index contributed by atoms with van der Waals surface area (Å²) in [5.74, 6) is 0.101. The van der Waals surface area contributed by atoms with Crippen LogP contribution in [-0.2, 0) is 0 Å². The molecule has 0 bridgehead atoms. The zero-order chi connectivity index (χ0) is 14.1. The third-order valence-corrected chi connectivity index (χ3v) is 3.72. The summed E-state index contributed by atoms with van der Waals surface area (Å²) in [6, 6.07) is 10.2. The number of aromatic nitrogens is 1. The molecule has 4 heteroatoms. The molecule has 0 saturated carbocycles. The lowest BCUT2D eigenvalue weighted by Crippen LogP contribution is -2.55. The molecule has 1 aromatic heterocycles. The van der Waals surface area contributed by atoms with Crippen LogP contribution in [0.1, 0.15) is 24.2 Å². The van der Waals surface area contributed by atoms with E-state index in [0.29, 0.717) is 12.1 Å². The molecule has 1 aliphatic heterocycles. The summed E-state index contributed by atoms with van der Waals surface area (Å²) in [6.07, 6.45) is 1.76. The van der Waals surface area contributed by atoms with Gasteiger partial charge in [-0.2, -0.15) is 0 Å². The number of carbonyl (C=O) groups excluding carboxylic acids is 1. The second kappa shape index (κ2) is 5.21. The minimum absolute atomic E-state index is 0.101. The molecule has 1 aromatic carbocycles. The van der Waals surface area contributed by atoms with E-state index in [0.717, 1.165) is 29.6 Å². The van der Waals surface area contributed by atoms with Crippen molar-refractivity contribution in [2.24, 2.45) is 0 Å². The Balaban J connectivity index is 1.96. The molecule has 2 heterocycles. The normalized spacial score (nSPS) is 23.0. The lowest BCUT2D eigenvalue weighted by molar-refractivity contribution is 0.0676. The van der Waals surface area contributed by atoms with E-state index in [1.807, 2.05) is 35.2 Å². The van der Waals surface area contributed by atoms with Crippen LogP contribution in [0, 0.1) is 0 Å². The minimum Gasteiger partial charge on any atom is -0.336 e. The predicted molar refractivity (Wildman–Crippen MR) is 79.7 cm³/mol. The molecule has 2 aromatic rings. The summed E-state index contributed by atoms with van der Waals surface area (Å²) in [5.41, 5.74) is 1.62. The summed E-state index contributed by atoms with van der Waals surface area (Å²) in [4.78, 5) is 19.0. The van der Waals surface area contributed by atoms with Gasteiger partial charge in [0, 0.05) is 42.3 Å². The molecule has 1 aliphatic rings. The van der Waals surface area contributed by atoms with Gasteiger partial charge in [-0.25, -0.2) is 0 Å². The van der Waals surface area contributed by atoms with E-state index < -0.39 is 0 Å². The zero-order valence-corrected chi connectivity index (χ0v) is 11.8. The average molecular weight is 269 g/mol. The van der Waals surface area contributed by atoms with Crippen molar-refractivity contribution in [2.75, 3.05) is 13.1 Å². The number of piperazine rings is 1. The quantitative estimate of drug-likeness (QED) is 0.862. The molecule has 1 fully saturated rings. The zero-order valence-electron chi connectivity index (χ0n) is 11.8. The average Bonchev–Trinajstić information content (AvgIpc) is 2.45. The van der Waals surface area contributed by atoms with Gasteiger partial charge in [0.1, 0.15) is 0 Å². The molecule has 0 spiro atoms. The molecule has 20 heavy (non-hydrogen) atoms. The fourth-order valence-electron chi connectivity index (χ4n) is 2.95. The Morgan fingerprint density at radius 2 is 1.95 bits per heavy atom. The number of nitrogens with zero attached hydrogens (tertiary/aromatic N) is 2. The Kier molecular flexibility index (Phi) is 3.40. The van der Waals surface area contributed by atoms with Crippen LogP contribution in [0.5, 0.6) is 0 Å². The first-order valence-corrected chi connectivity index (χ1v) is 7.04. The van der Waals surface area contributed by atoms with Crippen LogP contribution < -0.4 is 5.32 Å². The Hall–Kier alpha value is -1.94. The minimum atomic E-state index is 0.101. The fraction of sp³-hybridized carbons (Fsp3) is 0.375. The second-order valence-electron chi connectivity index (χ2n) is 5.55. The molecule has 4 nitrogen and oxygen atoms in total. The van der Waals surface area contributed by atoms with Gasteiger partial charge in [-0.1, -0.05) is 12.1 Å². The highest BCUT2D eigenvalue weighted by molar-refractivity contribution is 6.06. The number of fused-ring (bicyclic) bond motifs is 1. The SMILES string of the molecule is C[C@@H]1CN(C(=O)c2cccc3ncccc23)C[C@@H](C)N1. The molecule has 1 amide bonds. The number of pyridine rings is 1. The van der Waals surface area contributed by atoms with E-state index in [1.54, 1.807) is 6.20 Å². The van der Waals surface area contributed by atoms with Crippen LogP contribution in [0.4, 0.5) is 0 Å². The standard InChI is InChI=1S/C16H19N3O/c1-11-9-19(10-12(2)18-11)16(20)14-5-3-7-15-13(14)6-4-8-17-15/h3-8,11-12,18H,9-10H2,1-2H3/t11-,12-/m1/s1. The largest absolute Gasteiger partial charge is 0.336 e. The fourth-order valence-corrected chi connectivity index (χ4v) is 2.95. The molecular formula is C16H19N3O. The highest BCUT2D eigenvalue weighted by atomic mass is 16.2. The molecular weight excluding hydrogens is 250 g/mol. The van der Waals surface area contributed by atoms with Crippen molar-refractivity contribution in [1.82, 2.24) is 15.2 Å². The van der Waals surface area contributed by atoms with E-state index in [2.05, 4.69) is 24.1 Å². The van der Waals surface area contributed by atoms with Crippen LogP contribution in [0.3, 0.4) is 0 Å². The third kappa shape index (κ3) is 2.39. The monoisotopic (exact) mass is 269 g/mol. The number of rotatable bonds is 1. The van der Waals surface area contributed by atoms with E-state index >= 15 is 0 Å². The molecule has 3 rings (SSSR count). The van der Waals surface area contributed by atoms with Gasteiger partial charge < -0.3 is 10.2 Å². The van der Waals surface area contributed by atoms with Gasteiger partial charge in [-0.3, -0.25) is 9.78 Å². The van der Waals surface area contributed by atoms with E-state index in [9.17, 15) is 4.79 Å². The highest BCUT2D eigenvalue weighted by Gasteiger charge is 2.26. The maximum atomic E-state index is 12.8. The van der Waals surface area contributed by atoms with E-state index in [-0.39, 0.29) is 5.91 Å². The van der Waals surface area contributed by atoms with Crippen molar-refractivity contribution in [2.45, 2.75) is 25.9 Å². The number of benzene rings is 1. The maximum Gasteiger partial charge on any atom is 0.254 e. The van der Waals surface area contributed by atoms with Crippen molar-refractivity contribution in [3.8, 4) is 0 Å².